The minimum absolute atomic E-state index is 0.108. The summed E-state index contributed by atoms with van der Waals surface area (Å²) in [5.74, 6) is 1.86. The number of anilines is 3. The summed E-state index contributed by atoms with van der Waals surface area (Å²) in [4.78, 5) is 28.7. The third kappa shape index (κ3) is 4.18. The minimum Gasteiger partial charge on any atom is -0.340 e. The second-order valence-electron chi connectivity index (χ2n) is 5.97. The molecule has 0 saturated carbocycles. The zero-order valence-corrected chi connectivity index (χ0v) is 15.0. The van der Waals surface area contributed by atoms with Crippen LogP contribution in [0.25, 0.3) is 5.82 Å². The monoisotopic (exact) mass is 375 g/mol. The van der Waals surface area contributed by atoms with Crippen molar-refractivity contribution in [3.63, 3.8) is 0 Å². The second-order valence-corrected chi connectivity index (χ2v) is 5.97. The van der Waals surface area contributed by atoms with Gasteiger partial charge in [0.1, 0.15) is 43.0 Å². The molecule has 0 unspecified atom stereocenters. The van der Waals surface area contributed by atoms with Gasteiger partial charge in [-0.15, -0.1) is 0 Å². The Balaban J connectivity index is 1.42. The summed E-state index contributed by atoms with van der Waals surface area (Å²) in [5.41, 5.74) is 1.53. The molecule has 0 aliphatic heterocycles. The zero-order chi connectivity index (χ0) is 19.3. The molecule has 0 fully saturated rings. The highest BCUT2D eigenvalue weighted by Gasteiger charge is 2.06. The van der Waals surface area contributed by atoms with E-state index in [2.05, 4.69) is 35.7 Å². The number of hydrogen-bond acceptors (Lipinski definition) is 7. The molecule has 1 aromatic carbocycles. The highest BCUT2D eigenvalue weighted by atomic mass is 16.2. The van der Waals surface area contributed by atoms with Crippen molar-refractivity contribution < 1.29 is 4.79 Å². The molecule has 0 aliphatic carbocycles. The van der Waals surface area contributed by atoms with Gasteiger partial charge in [-0.05, 0) is 31.2 Å². The van der Waals surface area contributed by atoms with Gasteiger partial charge in [0.05, 0.1) is 0 Å². The van der Waals surface area contributed by atoms with Crippen molar-refractivity contribution in [3.05, 3.63) is 67.5 Å². The average Bonchev–Trinajstić information content (AvgIpc) is 3.37. The van der Waals surface area contributed by atoms with Crippen LogP contribution < -0.4 is 10.6 Å². The van der Waals surface area contributed by atoms with E-state index in [9.17, 15) is 4.79 Å². The molecule has 10 heteroatoms. The molecule has 3 aromatic heterocycles. The van der Waals surface area contributed by atoms with Gasteiger partial charge < -0.3 is 10.6 Å². The maximum absolute atomic E-state index is 12.0. The van der Waals surface area contributed by atoms with E-state index < -0.39 is 0 Å². The van der Waals surface area contributed by atoms with Crippen LogP contribution in [0.1, 0.15) is 5.82 Å². The summed E-state index contributed by atoms with van der Waals surface area (Å²) in [7, 11) is 0. The third-order valence-corrected chi connectivity index (χ3v) is 3.81. The molecule has 0 bridgehead atoms. The highest BCUT2D eigenvalue weighted by Crippen LogP contribution is 2.19. The van der Waals surface area contributed by atoms with Crippen LogP contribution in [0.3, 0.4) is 0 Å². The summed E-state index contributed by atoms with van der Waals surface area (Å²) in [6.07, 6.45) is 8.08. The SMILES string of the molecule is Cc1nc(Nc2ccc(NC(=O)Cn3cncn3)cc2)cc(-n2ccnc2)n1. The first kappa shape index (κ1) is 17.3. The fourth-order valence-corrected chi connectivity index (χ4v) is 2.59. The molecule has 0 radical (unpaired) electrons. The van der Waals surface area contributed by atoms with Crippen molar-refractivity contribution in [1.82, 2.24) is 34.3 Å². The summed E-state index contributed by atoms with van der Waals surface area (Å²) >= 11 is 0. The predicted molar refractivity (Wildman–Crippen MR) is 102 cm³/mol. The molecule has 0 spiro atoms. The van der Waals surface area contributed by atoms with Gasteiger partial charge in [0.15, 0.2) is 0 Å². The smallest absolute Gasteiger partial charge is 0.246 e. The number of aryl methyl sites for hydroxylation is 1. The van der Waals surface area contributed by atoms with E-state index in [0.717, 1.165) is 11.5 Å². The molecule has 0 saturated heterocycles. The third-order valence-electron chi connectivity index (χ3n) is 3.81. The number of imidazole rings is 1. The number of carbonyl (C=O) groups excluding carboxylic acids is 1. The molecule has 1 amide bonds. The quantitative estimate of drug-likeness (QED) is 0.529. The standard InChI is InChI=1S/C18H17N9O/c1-13-22-16(8-17(23-13)26-7-6-19-11-26)24-14-2-4-15(5-3-14)25-18(28)9-27-12-20-10-21-27/h2-8,10-12H,9H2,1H3,(H,25,28)(H,22,23,24). The highest BCUT2D eigenvalue weighted by molar-refractivity contribution is 5.90. The minimum atomic E-state index is -0.178. The number of nitrogens with one attached hydrogen (secondary N) is 2. The van der Waals surface area contributed by atoms with Crippen molar-refractivity contribution >= 4 is 23.1 Å². The van der Waals surface area contributed by atoms with Crippen LogP contribution in [0.4, 0.5) is 17.2 Å². The van der Waals surface area contributed by atoms with E-state index in [1.54, 1.807) is 12.5 Å². The van der Waals surface area contributed by atoms with Crippen LogP contribution in [-0.4, -0.2) is 40.2 Å². The predicted octanol–water partition coefficient (Wildman–Crippen LogP) is 1.94. The number of benzene rings is 1. The Bertz CT molecular complexity index is 1060. The number of amides is 1. The van der Waals surface area contributed by atoms with Gasteiger partial charge in [-0.3, -0.25) is 9.36 Å². The number of nitrogens with zero attached hydrogens (tertiary/aromatic N) is 7. The summed E-state index contributed by atoms with van der Waals surface area (Å²) in [5, 5.41) is 9.97. The second kappa shape index (κ2) is 7.66. The van der Waals surface area contributed by atoms with E-state index in [4.69, 9.17) is 0 Å². The lowest BCUT2D eigenvalue weighted by Gasteiger charge is -2.10. The molecular weight excluding hydrogens is 358 g/mol. The fraction of sp³-hybridized carbons (Fsp3) is 0.111. The Morgan fingerprint density at radius 3 is 2.61 bits per heavy atom. The van der Waals surface area contributed by atoms with Crippen LogP contribution >= 0.6 is 0 Å². The zero-order valence-electron chi connectivity index (χ0n) is 15.0. The lowest BCUT2D eigenvalue weighted by atomic mass is 10.2. The maximum atomic E-state index is 12.0. The Kier molecular flexibility index (Phi) is 4.74. The van der Waals surface area contributed by atoms with Crippen LogP contribution in [-0.2, 0) is 11.3 Å². The van der Waals surface area contributed by atoms with Gasteiger partial charge in [-0.25, -0.2) is 24.6 Å². The van der Waals surface area contributed by atoms with Crippen molar-refractivity contribution in [1.29, 1.82) is 0 Å². The van der Waals surface area contributed by atoms with Gasteiger partial charge in [-0.1, -0.05) is 0 Å². The lowest BCUT2D eigenvalue weighted by Crippen LogP contribution is -2.18. The average molecular weight is 375 g/mol. The molecule has 4 rings (SSSR count). The van der Waals surface area contributed by atoms with Gasteiger partial charge in [0.25, 0.3) is 0 Å². The fourth-order valence-electron chi connectivity index (χ4n) is 2.59. The Morgan fingerprint density at radius 2 is 1.89 bits per heavy atom. The number of hydrogen-bond donors (Lipinski definition) is 2. The van der Waals surface area contributed by atoms with Crippen LogP contribution in [0.2, 0.25) is 0 Å². The molecule has 0 atom stereocenters. The molecule has 28 heavy (non-hydrogen) atoms. The Labute approximate surface area is 160 Å². The lowest BCUT2D eigenvalue weighted by molar-refractivity contribution is -0.116. The van der Waals surface area contributed by atoms with E-state index >= 15 is 0 Å². The number of rotatable bonds is 6. The molecule has 10 nitrogen and oxygen atoms in total. The number of aromatic nitrogens is 7. The van der Waals surface area contributed by atoms with Crippen molar-refractivity contribution in [2.75, 3.05) is 10.6 Å². The molecule has 4 aromatic rings. The molecule has 0 aliphatic rings. The van der Waals surface area contributed by atoms with Gasteiger partial charge in [-0.2, -0.15) is 5.10 Å². The van der Waals surface area contributed by atoms with Crippen LogP contribution in [0.5, 0.6) is 0 Å². The van der Waals surface area contributed by atoms with Crippen molar-refractivity contribution in [3.8, 4) is 5.82 Å². The van der Waals surface area contributed by atoms with E-state index in [0.29, 0.717) is 17.3 Å². The Morgan fingerprint density at radius 1 is 1.07 bits per heavy atom. The number of carbonyl (C=O) groups is 1. The first-order chi connectivity index (χ1) is 13.7. The summed E-state index contributed by atoms with van der Waals surface area (Å²) in [6, 6.07) is 9.18. The largest absolute Gasteiger partial charge is 0.340 e. The maximum Gasteiger partial charge on any atom is 0.246 e. The van der Waals surface area contributed by atoms with Gasteiger partial charge in [0, 0.05) is 29.8 Å². The molecule has 140 valence electrons. The van der Waals surface area contributed by atoms with Crippen molar-refractivity contribution in [2.24, 2.45) is 0 Å². The van der Waals surface area contributed by atoms with Crippen molar-refractivity contribution in [2.45, 2.75) is 13.5 Å². The normalized spacial score (nSPS) is 10.6. The first-order valence-corrected chi connectivity index (χ1v) is 8.49. The van der Waals surface area contributed by atoms with E-state index in [1.165, 1.54) is 17.3 Å². The van der Waals surface area contributed by atoms with Gasteiger partial charge >= 0.3 is 0 Å². The molecule has 2 N–H and O–H groups in total. The summed E-state index contributed by atoms with van der Waals surface area (Å²) in [6.45, 7) is 1.94. The van der Waals surface area contributed by atoms with Crippen LogP contribution in [0, 0.1) is 6.92 Å². The Hall–Kier alpha value is -4.08. The van der Waals surface area contributed by atoms with Crippen LogP contribution in [0.15, 0.2) is 61.7 Å². The summed E-state index contributed by atoms with van der Waals surface area (Å²) < 4.78 is 3.27. The molecular formula is C18H17N9O. The van der Waals surface area contributed by atoms with E-state index in [1.807, 2.05) is 48.0 Å². The molecule has 3 heterocycles. The van der Waals surface area contributed by atoms with Gasteiger partial charge in [0.2, 0.25) is 5.91 Å². The van der Waals surface area contributed by atoms with E-state index in [-0.39, 0.29) is 12.5 Å². The topological polar surface area (TPSA) is 115 Å². The first-order valence-electron chi connectivity index (χ1n) is 8.49.